The standard InChI is InChI=1S/C22H25FN2S/c1-17-5-4-6-18(2)21(17)26-22(3,15-25-14-13-24-16-25)12-11-19-7-9-20(23)10-8-19/h4-10,13-14,16H,11-12,15H2,1-3H3. The van der Waals surface area contributed by atoms with E-state index in [2.05, 4.69) is 48.5 Å². The van der Waals surface area contributed by atoms with E-state index in [1.54, 1.807) is 12.1 Å². The molecule has 1 aromatic heterocycles. The first-order valence-electron chi connectivity index (χ1n) is 8.91. The Balaban J connectivity index is 1.82. The van der Waals surface area contributed by atoms with Gasteiger partial charge in [-0.05, 0) is 62.4 Å². The van der Waals surface area contributed by atoms with Gasteiger partial charge in [-0.3, -0.25) is 0 Å². The second kappa shape index (κ2) is 8.09. The number of halogens is 1. The van der Waals surface area contributed by atoms with Gasteiger partial charge in [0.1, 0.15) is 5.82 Å². The summed E-state index contributed by atoms with van der Waals surface area (Å²) in [4.78, 5) is 5.54. The van der Waals surface area contributed by atoms with E-state index in [0.717, 1.165) is 19.4 Å². The number of hydrogen-bond donors (Lipinski definition) is 0. The molecule has 4 heteroatoms. The summed E-state index contributed by atoms with van der Waals surface area (Å²) in [5.41, 5.74) is 3.80. The molecule has 2 aromatic carbocycles. The lowest BCUT2D eigenvalue weighted by atomic mass is 10.00. The van der Waals surface area contributed by atoms with Gasteiger partial charge < -0.3 is 4.57 Å². The lowest BCUT2D eigenvalue weighted by Crippen LogP contribution is -2.27. The van der Waals surface area contributed by atoms with Gasteiger partial charge in [0, 0.05) is 28.6 Å². The summed E-state index contributed by atoms with van der Waals surface area (Å²) >= 11 is 1.94. The zero-order valence-electron chi connectivity index (χ0n) is 15.6. The van der Waals surface area contributed by atoms with Crippen molar-refractivity contribution in [3.8, 4) is 0 Å². The third-order valence-electron chi connectivity index (χ3n) is 4.69. The SMILES string of the molecule is Cc1cccc(C)c1SC(C)(CCc1ccc(F)cc1)Cn1ccnc1. The van der Waals surface area contributed by atoms with Gasteiger partial charge in [-0.1, -0.05) is 30.3 Å². The van der Waals surface area contributed by atoms with Crippen molar-refractivity contribution in [1.82, 2.24) is 9.55 Å². The molecule has 0 radical (unpaired) electrons. The highest BCUT2D eigenvalue weighted by Crippen LogP contribution is 2.40. The number of thioether (sulfide) groups is 1. The minimum Gasteiger partial charge on any atom is -0.336 e. The summed E-state index contributed by atoms with van der Waals surface area (Å²) in [7, 11) is 0. The molecule has 0 N–H and O–H groups in total. The van der Waals surface area contributed by atoms with E-state index in [9.17, 15) is 4.39 Å². The van der Waals surface area contributed by atoms with Crippen LogP contribution in [-0.2, 0) is 13.0 Å². The second-order valence-electron chi connectivity index (χ2n) is 7.13. The van der Waals surface area contributed by atoms with Crippen LogP contribution < -0.4 is 0 Å². The lowest BCUT2D eigenvalue weighted by molar-refractivity contribution is 0.495. The molecule has 136 valence electrons. The van der Waals surface area contributed by atoms with E-state index in [1.165, 1.54) is 21.6 Å². The minimum absolute atomic E-state index is 0.00591. The van der Waals surface area contributed by atoms with Gasteiger partial charge >= 0.3 is 0 Å². The lowest BCUT2D eigenvalue weighted by Gasteiger charge is -2.31. The maximum Gasteiger partial charge on any atom is 0.123 e. The zero-order valence-corrected chi connectivity index (χ0v) is 16.4. The van der Waals surface area contributed by atoms with E-state index < -0.39 is 0 Å². The summed E-state index contributed by atoms with van der Waals surface area (Å²) in [6.45, 7) is 7.54. The van der Waals surface area contributed by atoms with Gasteiger partial charge in [0.2, 0.25) is 0 Å². The quantitative estimate of drug-likeness (QED) is 0.489. The Hall–Kier alpha value is -2.07. The fourth-order valence-corrected chi connectivity index (χ4v) is 4.56. The largest absolute Gasteiger partial charge is 0.336 e. The van der Waals surface area contributed by atoms with E-state index in [-0.39, 0.29) is 10.6 Å². The summed E-state index contributed by atoms with van der Waals surface area (Å²) in [5, 5.41) is 0. The Morgan fingerprint density at radius 1 is 1.08 bits per heavy atom. The molecule has 26 heavy (non-hydrogen) atoms. The topological polar surface area (TPSA) is 17.8 Å². The van der Waals surface area contributed by atoms with Crippen molar-refractivity contribution in [1.29, 1.82) is 0 Å². The number of nitrogens with zero attached hydrogens (tertiary/aromatic N) is 2. The molecule has 0 saturated carbocycles. The Kier molecular flexibility index (Phi) is 5.82. The van der Waals surface area contributed by atoms with Crippen LogP contribution in [0.1, 0.15) is 30.0 Å². The van der Waals surface area contributed by atoms with Crippen molar-refractivity contribution in [2.75, 3.05) is 0 Å². The van der Waals surface area contributed by atoms with E-state index in [4.69, 9.17) is 0 Å². The number of rotatable bonds is 7. The molecule has 0 bridgehead atoms. The second-order valence-corrected chi connectivity index (χ2v) is 8.73. The van der Waals surface area contributed by atoms with Crippen molar-refractivity contribution in [3.05, 3.63) is 83.7 Å². The summed E-state index contributed by atoms with van der Waals surface area (Å²) < 4.78 is 15.3. The molecule has 0 fully saturated rings. The average Bonchev–Trinajstić information content (AvgIpc) is 3.11. The van der Waals surface area contributed by atoms with Gasteiger partial charge in [-0.15, -0.1) is 11.8 Å². The maximum atomic E-state index is 13.2. The molecule has 0 aliphatic heterocycles. The van der Waals surface area contributed by atoms with Gasteiger partial charge in [0.25, 0.3) is 0 Å². The van der Waals surface area contributed by atoms with Crippen LogP contribution in [0.2, 0.25) is 0 Å². The summed E-state index contributed by atoms with van der Waals surface area (Å²) in [5.74, 6) is -0.181. The number of benzene rings is 2. The van der Waals surface area contributed by atoms with Crippen molar-refractivity contribution >= 4 is 11.8 Å². The van der Waals surface area contributed by atoms with Crippen molar-refractivity contribution in [3.63, 3.8) is 0 Å². The smallest absolute Gasteiger partial charge is 0.123 e. The Labute approximate surface area is 159 Å². The molecule has 2 nitrogen and oxygen atoms in total. The van der Waals surface area contributed by atoms with Crippen molar-refractivity contribution < 1.29 is 4.39 Å². The van der Waals surface area contributed by atoms with Crippen molar-refractivity contribution in [2.45, 2.75) is 49.8 Å². The molecule has 0 aliphatic rings. The zero-order chi connectivity index (χ0) is 18.6. The van der Waals surface area contributed by atoms with Crippen LogP contribution in [0.5, 0.6) is 0 Å². The predicted molar refractivity (Wildman–Crippen MR) is 107 cm³/mol. The fourth-order valence-electron chi connectivity index (χ4n) is 3.20. The van der Waals surface area contributed by atoms with Crippen LogP contribution in [0.15, 0.2) is 66.1 Å². The highest BCUT2D eigenvalue weighted by Gasteiger charge is 2.27. The summed E-state index contributed by atoms with van der Waals surface area (Å²) in [6.07, 6.45) is 7.63. The normalized spacial score (nSPS) is 13.5. The van der Waals surface area contributed by atoms with E-state index in [1.807, 2.05) is 42.6 Å². The van der Waals surface area contributed by atoms with Crippen LogP contribution in [0.4, 0.5) is 4.39 Å². The molecule has 1 unspecified atom stereocenters. The number of aryl methyl sites for hydroxylation is 3. The van der Waals surface area contributed by atoms with Crippen LogP contribution >= 0.6 is 11.8 Å². The molecular formula is C22H25FN2S. The number of hydrogen-bond acceptors (Lipinski definition) is 2. The first kappa shape index (κ1) is 18.7. The van der Waals surface area contributed by atoms with E-state index in [0.29, 0.717) is 0 Å². The molecule has 0 aliphatic carbocycles. The van der Waals surface area contributed by atoms with Crippen LogP contribution in [0.3, 0.4) is 0 Å². The molecule has 0 saturated heterocycles. The molecule has 0 amide bonds. The third-order valence-corrected chi connectivity index (χ3v) is 6.36. The highest BCUT2D eigenvalue weighted by molar-refractivity contribution is 8.00. The fraction of sp³-hybridized carbons (Fsp3) is 0.318. The minimum atomic E-state index is -0.181. The van der Waals surface area contributed by atoms with Crippen LogP contribution in [0, 0.1) is 19.7 Å². The van der Waals surface area contributed by atoms with Gasteiger partial charge in [0.15, 0.2) is 0 Å². The summed E-state index contributed by atoms with van der Waals surface area (Å²) in [6, 6.07) is 13.3. The Morgan fingerprint density at radius 3 is 2.38 bits per heavy atom. The van der Waals surface area contributed by atoms with Gasteiger partial charge in [-0.25, -0.2) is 9.37 Å². The molecule has 0 spiro atoms. The molecular weight excluding hydrogens is 343 g/mol. The molecule has 3 rings (SSSR count). The average molecular weight is 369 g/mol. The van der Waals surface area contributed by atoms with Crippen LogP contribution in [-0.4, -0.2) is 14.3 Å². The molecule has 3 aromatic rings. The first-order valence-corrected chi connectivity index (χ1v) is 9.72. The highest BCUT2D eigenvalue weighted by atomic mass is 32.2. The van der Waals surface area contributed by atoms with Gasteiger partial charge in [0.05, 0.1) is 6.33 Å². The van der Waals surface area contributed by atoms with Gasteiger partial charge in [-0.2, -0.15) is 0 Å². The Morgan fingerprint density at radius 2 is 1.77 bits per heavy atom. The number of aromatic nitrogens is 2. The molecule has 1 atom stereocenters. The maximum absolute atomic E-state index is 13.2. The van der Waals surface area contributed by atoms with Crippen molar-refractivity contribution in [2.24, 2.45) is 0 Å². The van der Waals surface area contributed by atoms with Crippen LogP contribution in [0.25, 0.3) is 0 Å². The monoisotopic (exact) mass is 368 g/mol. The molecule has 1 heterocycles. The first-order chi connectivity index (χ1) is 12.5. The number of imidazole rings is 1. The Bertz CT molecular complexity index is 823. The predicted octanol–water partition coefficient (Wildman–Crippen LogP) is 5.82. The third kappa shape index (κ3) is 4.76. The van der Waals surface area contributed by atoms with E-state index >= 15 is 0 Å².